The molecule has 7 heteroatoms. The Kier molecular flexibility index (Phi) is 6.84. The molecule has 0 saturated heterocycles. The molecule has 7 nitrogen and oxygen atoms in total. The van der Waals surface area contributed by atoms with Gasteiger partial charge >= 0.3 is 0 Å². The quantitative estimate of drug-likeness (QED) is 0.478. The summed E-state index contributed by atoms with van der Waals surface area (Å²) in [7, 11) is 3.46. The summed E-state index contributed by atoms with van der Waals surface area (Å²) in [5.74, 6) is 2.48. The van der Waals surface area contributed by atoms with Crippen LogP contribution < -0.4 is 15.4 Å². The van der Waals surface area contributed by atoms with Gasteiger partial charge in [-0.15, -0.1) is 0 Å². The number of aliphatic imine (C=N–C) groups is 1. The molecule has 0 saturated carbocycles. The number of rotatable bonds is 7. The largest absolute Gasteiger partial charge is 0.496 e. The molecular formula is C22H28N6O. The Morgan fingerprint density at radius 2 is 1.97 bits per heavy atom. The number of benzene rings is 1. The normalized spacial score (nSPS) is 11.4. The number of guanidine groups is 1. The van der Waals surface area contributed by atoms with Crippen LogP contribution in [-0.4, -0.2) is 41.4 Å². The Labute approximate surface area is 171 Å². The summed E-state index contributed by atoms with van der Waals surface area (Å²) in [6.45, 7) is 5.40. The highest BCUT2D eigenvalue weighted by molar-refractivity contribution is 5.79. The van der Waals surface area contributed by atoms with E-state index in [0.29, 0.717) is 6.54 Å². The molecule has 2 heterocycles. The molecule has 0 amide bonds. The summed E-state index contributed by atoms with van der Waals surface area (Å²) in [5, 5.41) is 11.1. The number of aromatic nitrogens is 3. The molecule has 0 atom stereocenters. The molecule has 0 fully saturated rings. The van der Waals surface area contributed by atoms with Gasteiger partial charge in [-0.05, 0) is 49.6 Å². The van der Waals surface area contributed by atoms with Crippen molar-refractivity contribution in [3.8, 4) is 11.6 Å². The fourth-order valence-corrected chi connectivity index (χ4v) is 3.14. The third kappa shape index (κ3) is 5.34. The number of methoxy groups -OCH3 is 1. The molecule has 0 aliphatic rings. The second kappa shape index (κ2) is 9.73. The highest BCUT2D eigenvalue weighted by atomic mass is 16.5. The van der Waals surface area contributed by atoms with Crippen molar-refractivity contribution in [3.05, 3.63) is 71.2 Å². The van der Waals surface area contributed by atoms with E-state index in [1.807, 2.05) is 61.1 Å². The van der Waals surface area contributed by atoms with Gasteiger partial charge in [0.05, 0.1) is 12.8 Å². The van der Waals surface area contributed by atoms with Gasteiger partial charge in [0.1, 0.15) is 5.75 Å². The zero-order chi connectivity index (χ0) is 20.6. The third-order valence-electron chi connectivity index (χ3n) is 4.60. The van der Waals surface area contributed by atoms with Gasteiger partial charge in [0.2, 0.25) is 0 Å². The number of para-hydroxylation sites is 1. The summed E-state index contributed by atoms with van der Waals surface area (Å²) in [4.78, 5) is 8.82. The Balaban J connectivity index is 1.51. The van der Waals surface area contributed by atoms with E-state index in [1.54, 1.807) is 14.2 Å². The molecule has 1 aromatic carbocycles. The van der Waals surface area contributed by atoms with E-state index in [9.17, 15) is 0 Å². The number of ether oxygens (including phenoxy) is 1. The maximum atomic E-state index is 5.40. The zero-order valence-electron chi connectivity index (χ0n) is 17.4. The second-order valence-corrected chi connectivity index (χ2v) is 6.78. The van der Waals surface area contributed by atoms with Crippen LogP contribution in [0.5, 0.6) is 5.75 Å². The molecule has 0 aliphatic heterocycles. The Hall–Kier alpha value is -3.35. The Bertz CT molecular complexity index is 962. The van der Waals surface area contributed by atoms with E-state index < -0.39 is 0 Å². The van der Waals surface area contributed by atoms with Gasteiger partial charge in [-0.3, -0.25) is 4.99 Å². The summed E-state index contributed by atoms with van der Waals surface area (Å²) < 4.78 is 7.25. The van der Waals surface area contributed by atoms with Gasteiger partial charge in [-0.1, -0.05) is 24.3 Å². The first-order valence-electron chi connectivity index (χ1n) is 9.65. The highest BCUT2D eigenvalue weighted by Gasteiger charge is 2.06. The predicted molar refractivity (Wildman–Crippen MR) is 116 cm³/mol. The molecule has 2 N–H and O–H groups in total. The maximum absolute atomic E-state index is 5.40. The van der Waals surface area contributed by atoms with Gasteiger partial charge in [-0.25, -0.2) is 9.67 Å². The summed E-state index contributed by atoms with van der Waals surface area (Å²) >= 11 is 0. The van der Waals surface area contributed by atoms with Crippen LogP contribution in [0, 0.1) is 13.8 Å². The first kappa shape index (κ1) is 20.4. The van der Waals surface area contributed by atoms with Crippen molar-refractivity contribution in [3.63, 3.8) is 0 Å². The van der Waals surface area contributed by atoms with E-state index in [0.717, 1.165) is 47.4 Å². The monoisotopic (exact) mass is 392 g/mol. The van der Waals surface area contributed by atoms with E-state index in [1.165, 1.54) is 5.56 Å². The average Bonchev–Trinajstić information content (AvgIpc) is 3.09. The Morgan fingerprint density at radius 1 is 1.14 bits per heavy atom. The number of aryl methyl sites for hydroxylation is 2. The van der Waals surface area contributed by atoms with E-state index in [-0.39, 0.29) is 0 Å². The summed E-state index contributed by atoms with van der Waals surface area (Å²) in [6, 6.07) is 14.1. The minimum absolute atomic E-state index is 0.638. The molecule has 2 aromatic heterocycles. The van der Waals surface area contributed by atoms with E-state index >= 15 is 0 Å². The van der Waals surface area contributed by atoms with Crippen molar-refractivity contribution in [2.75, 3.05) is 20.7 Å². The smallest absolute Gasteiger partial charge is 0.191 e. The van der Waals surface area contributed by atoms with Crippen molar-refractivity contribution < 1.29 is 4.74 Å². The lowest BCUT2D eigenvalue weighted by atomic mass is 10.1. The van der Waals surface area contributed by atoms with Crippen LogP contribution in [0.1, 0.15) is 22.5 Å². The van der Waals surface area contributed by atoms with Gasteiger partial charge < -0.3 is 15.4 Å². The molecule has 0 radical (unpaired) electrons. The van der Waals surface area contributed by atoms with E-state index in [2.05, 4.69) is 31.8 Å². The van der Waals surface area contributed by atoms with Gasteiger partial charge in [0, 0.05) is 32.0 Å². The van der Waals surface area contributed by atoms with Crippen molar-refractivity contribution >= 4 is 5.96 Å². The number of nitrogens with one attached hydrogen (secondary N) is 2. The van der Waals surface area contributed by atoms with Crippen LogP contribution in [0.4, 0.5) is 0 Å². The molecule has 0 unspecified atom stereocenters. The molecular weight excluding hydrogens is 364 g/mol. The van der Waals surface area contributed by atoms with Crippen LogP contribution in [0.2, 0.25) is 0 Å². The van der Waals surface area contributed by atoms with Crippen LogP contribution in [0.25, 0.3) is 5.82 Å². The predicted octanol–water partition coefficient (Wildman–Crippen LogP) is 2.80. The van der Waals surface area contributed by atoms with Crippen molar-refractivity contribution in [1.82, 2.24) is 25.4 Å². The van der Waals surface area contributed by atoms with Crippen molar-refractivity contribution in [1.29, 1.82) is 0 Å². The molecule has 0 aliphatic carbocycles. The molecule has 3 rings (SSSR count). The molecule has 152 valence electrons. The average molecular weight is 393 g/mol. The van der Waals surface area contributed by atoms with Gasteiger partial charge in [-0.2, -0.15) is 5.10 Å². The topological polar surface area (TPSA) is 76.4 Å². The summed E-state index contributed by atoms with van der Waals surface area (Å²) in [6.07, 6.45) is 2.71. The Morgan fingerprint density at radius 3 is 2.62 bits per heavy atom. The number of hydrogen-bond acceptors (Lipinski definition) is 4. The molecule has 0 bridgehead atoms. The molecule has 29 heavy (non-hydrogen) atoms. The first-order chi connectivity index (χ1) is 14.1. The fraction of sp³-hybridized carbons (Fsp3) is 0.318. The highest BCUT2D eigenvalue weighted by Crippen LogP contribution is 2.17. The van der Waals surface area contributed by atoms with E-state index in [4.69, 9.17) is 4.74 Å². The number of hydrogen-bond donors (Lipinski definition) is 2. The van der Waals surface area contributed by atoms with Crippen LogP contribution >= 0.6 is 0 Å². The van der Waals surface area contributed by atoms with Gasteiger partial charge in [0.25, 0.3) is 0 Å². The second-order valence-electron chi connectivity index (χ2n) is 6.78. The van der Waals surface area contributed by atoms with Crippen molar-refractivity contribution in [2.24, 2.45) is 4.99 Å². The number of nitrogens with zero attached hydrogens (tertiary/aromatic N) is 4. The maximum Gasteiger partial charge on any atom is 0.191 e. The lowest BCUT2D eigenvalue weighted by molar-refractivity contribution is 0.409. The SMILES string of the molecule is CN=C(NCCc1ccccc1OC)NCc1ccc(-n2nc(C)cc2C)nc1. The van der Waals surface area contributed by atoms with Crippen molar-refractivity contribution in [2.45, 2.75) is 26.8 Å². The fourth-order valence-electron chi connectivity index (χ4n) is 3.14. The third-order valence-corrected chi connectivity index (χ3v) is 4.60. The minimum Gasteiger partial charge on any atom is -0.496 e. The lowest BCUT2D eigenvalue weighted by Crippen LogP contribution is -2.37. The van der Waals surface area contributed by atoms with Crippen LogP contribution in [0.3, 0.4) is 0 Å². The van der Waals surface area contributed by atoms with Gasteiger partial charge in [0.15, 0.2) is 11.8 Å². The standard InChI is InChI=1S/C22H28N6O/c1-16-13-17(2)28(27-16)21-10-9-18(14-25-21)15-26-22(23-3)24-12-11-19-7-5-6-8-20(19)29-4/h5-10,13-14H,11-12,15H2,1-4H3,(H2,23,24,26). The molecule has 0 spiro atoms. The zero-order valence-corrected chi connectivity index (χ0v) is 17.4. The van der Waals surface area contributed by atoms with Crippen LogP contribution in [-0.2, 0) is 13.0 Å². The minimum atomic E-state index is 0.638. The van der Waals surface area contributed by atoms with Crippen LogP contribution in [0.15, 0.2) is 53.7 Å². The molecule has 3 aromatic rings. The summed E-state index contributed by atoms with van der Waals surface area (Å²) in [5.41, 5.74) is 4.29. The lowest BCUT2D eigenvalue weighted by Gasteiger charge is -2.13. The number of pyridine rings is 1. The first-order valence-corrected chi connectivity index (χ1v) is 9.65.